The Hall–Kier alpha value is -5.34. The highest BCUT2D eigenvalue weighted by atomic mass is 14.7. The third-order valence-electron chi connectivity index (χ3n) is 8.47. The molecule has 1 aliphatic carbocycles. The van der Waals surface area contributed by atoms with E-state index in [0.29, 0.717) is 0 Å². The van der Waals surface area contributed by atoms with E-state index < -0.39 is 0 Å². The molecule has 0 unspecified atom stereocenters. The van der Waals surface area contributed by atoms with Crippen LogP contribution in [0.1, 0.15) is 25.0 Å². The summed E-state index contributed by atoms with van der Waals surface area (Å²) in [5, 5.41) is 0. The molecular weight excluding hydrogens is 520 g/mol. The van der Waals surface area contributed by atoms with Gasteiger partial charge in [0.1, 0.15) is 0 Å². The first-order chi connectivity index (χ1) is 21.1. The fraction of sp³-hybridized carbons (Fsp3) is 0.0732. The third kappa shape index (κ3) is 5.13. The molecule has 43 heavy (non-hydrogen) atoms. The van der Waals surface area contributed by atoms with Crippen LogP contribution in [-0.2, 0) is 5.41 Å². The predicted octanol–water partition coefficient (Wildman–Crippen LogP) is 10.6. The Balaban J connectivity index is 1.39. The average molecular weight is 553 g/mol. The molecule has 1 aliphatic rings. The van der Waals surface area contributed by atoms with E-state index in [-0.39, 0.29) is 5.41 Å². The van der Waals surface area contributed by atoms with E-state index in [1.807, 2.05) is 54.9 Å². The molecule has 2 heterocycles. The van der Waals surface area contributed by atoms with Crippen LogP contribution in [0.3, 0.4) is 0 Å². The van der Waals surface area contributed by atoms with Gasteiger partial charge in [0.15, 0.2) is 0 Å². The molecule has 0 fully saturated rings. The maximum atomic E-state index is 4.84. The van der Waals surface area contributed by atoms with E-state index in [1.165, 1.54) is 33.4 Å². The minimum Gasteiger partial charge on any atom is -0.264 e. The minimum absolute atomic E-state index is 0.0165. The summed E-state index contributed by atoms with van der Waals surface area (Å²) in [6.07, 6.45) is 5.57. The summed E-state index contributed by atoms with van der Waals surface area (Å²) in [6, 6.07) is 49.6. The van der Waals surface area contributed by atoms with Gasteiger partial charge in [-0.25, -0.2) is 0 Å². The van der Waals surface area contributed by atoms with Crippen molar-refractivity contribution in [2.75, 3.05) is 0 Å². The molecule has 0 spiro atoms. The van der Waals surface area contributed by atoms with Crippen molar-refractivity contribution in [1.82, 2.24) is 9.97 Å². The lowest BCUT2D eigenvalue weighted by Crippen LogP contribution is -2.14. The van der Waals surface area contributed by atoms with E-state index in [2.05, 4.69) is 116 Å². The number of fused-ring (bicyclic) bond motifs is 3. The van der Waals surface area contributed by atoms with Crippen molar-refractivity contribution < 1.29 is 0 Å². The molecule has 0 amide bonds. The van der Waals surface area contributed by atoms with Crippen LogP contribution in [0, 0.1) is 0 Å². The van der Waals surface area contributed by atoms with Crippen molar-refractivity contribution in [3.8, 4) is 55.8 Å². The Kier molecular flexibility index (Phi) is 6.89. The summed E-state index contributed by atoms with van der Waals surface area (Å²) in [5.41, 5.74) is 14.3. The van der Waals surface area contributed by atoms with Gasteiger partial charge in [-0.15, -0.1) is 0 Å². The van der Waals surface area contributed by atoms with Gasteiger partial charge in [0, 0.05) is 29.6 Å². The molecule has 0 saturated heterocycles. The highest BCUT2D eigenvalue weighted by molar-refractivity contribution is 5.87. The number of nitrogens with zero attached hydrogens (tertiary/aromatic N) is 2. The molecule has 2 heteroatoms. The average Bonchev–Trinajstić information content (AvgIpc) is 3.29. The lowest BCUT2D eigenvalue weighted by Gasteiger charge is -2.21. The zero-order valence-electron chi connectivity index (χ0n) is 24.4. The van der Waals surface area contributed by atoms with Crippen LogP contribution in [0.25, 0.3) is 55.8 Å². The molecule has 2 aromatic heterocycles. The summed E-state index contributed by atoms with van der Waals surface area (Å²) in [4.78, 5) is 9.13. The molecule has 0 atom stereocenters. The Labute approximate surface area is 253 Å². The van der Waals surface area contributed by atoms with Gasteiger partial charge in [0.2, 0.25) is 0 Å². The Morgan fingerprint density at radius 2 is 1.05 bits per heavy atom. The van der Waals surface area contributed by atoms with Crippen LogP contribution < -0.4 is 0 Å². The first-order valence-electron chi connectivity index (χ1n) is 14.7. The second kappa shape index (κ2) is 11.2. The van der Waals surface area contributed by atoms with E-state index in [0.717, 1.165) is 33.5 Å². The summed E-state index contributed by atoms with van der Waals surface area (Å²) in [7, 11) is 0. The Morgan fingerprint density at radius 1 is 0.419 bits per heavy atom. The topological polar surface area (TPSA) is 25.8 Å². The van der Waals surface area contributed by atoms with Gasteiger partial charge in [-0.2, -0.15) is 0 Å². The molecule has 4 aromatic carbocycles. The van der Waals surface area contributed by atoms with Crippen LogP contribution in [0.4, 0.5) is 0 Å². The fourth-order valence-corrected chi connectivity index (χ4v) is 6.19. The number of pyridine rings is 1. The summed E-state index contributed by atoms with van der Waals surface area (Å²) in [6.45, 7) is 4.65. The molecule has 7 rings (SSSR count). The minimum atomic E-state index is -0.0165. The lowest BCUT2D eigenvalue weighted by molar-refractivity contribution is 0.660. The van der Waals surface area contributed by atoms with Crippen LogP contribution in [0.15, 0.2) is 158 Å². The zero-order valence-corrected chi connectivity index (χ0v) is 24.4. The molecule has 0 N–H and O–H groups in total. The molecule has 0 saturated carbocycles. The number of rotatable bonds is 4. The molecule has 0 radical (unpaired) electrons. The van der Waals surface area contributed by atoms with Crippen LogP contribution in [-0.4, -0.2) is 9.97 Å². The van der Waals surface area contributed by atoms with Crippen molar-refractivity contribution in [3.63, 3.8) is 0 Å². The first-order valence-corrected chi connectivity index (χ1v) is 14.7. The zero-order chi connectivity index (χ0) is 29.2. The maximum Gasteiger partial charge on any atom is 0.0702 e. The van der Waals surface area contributed by atoms with E-state index >= 15 is 0 Å². The number of hydrogen-bond acceptors (Lipinski definition) is 2. The standard InChI is InChI=1S/C41H32N2/c1-41(2)38-14-9-8-13-36(38)37-27-31(20-21-39(37)41)34-24-33(30-18-16-29(17-19-30)32-12-11-22-42-28-32)25-35(26-34)40-15-7-5-3-4-6-10-23-43-40/h3-28H,1-2H3. The monoisotopic (exact) mass is 552 g/mol. The second-order valence-electron chi connectivity index (χ2n) is 11.5. The van der Waals surface area contributed by atoms with Crippen molar-refractivity contribution in [2.45, 2.75) is 19.3 Å². The molecule has 0 bridgehead atoms. The van der Waals surface area contributed by atoms with Gasteiger partial charge in [-0.05, 0) is 98.1 Å². The summed E-state index contributed by atoms with van der Waals surface area (Å²) in [5.74, 6) is 0. The van der Waals surface area contributed by atoms with Crippen LogP contribution in [0.2, 0.25) is 0 Å². The fourth-order valence-electron chi connectivity index (χ4n) is 6.19. The second-order valence-corrected chi connectivity index (χ2v) is 11.5. The molecule has 206 valence electrons. The van der Waals surface area contributed by atoms with Crippen LogP contribution >= 0.6 is 0 Å². The van der Waals surface area contributed by atoms with Crippen molar-refractivity contribution >= 4 is 0 Å². The quantitative estimate of drug-likeness (QED) is 0.217. The molecular formula is C41H32N2. The van der Waals surface area contributed by atoms with Gasteiger partial charge >= 0.3 is 0 Å². The van der Waals surface area contributed by atoms with Crippen molar-refractivity contribution in [3.05, 3.63) is 169 Å². The number of hydrogen-bond donors (Lipinski definition) is 0. The molecule has 0 aliphatic heterocycles. The highest BCUT2D eigenvalue weighted by Crippen LogP contribution is 2.49. The van der Waals surface area contributed by atoms with Gasteiger partial charge in [0.25, 0.3) is 0 Å². The van der Waals surface area contributed by atoms with E-state index in [4.69, 9.17) is 4.98 Å². The van der Waals surface area contributed by atoms with E-state index in [9.17, 15) is 0 Å². The van der Waals surface area contributed by atoms with E-state index in [1.54, 1.807) is 6.20 Å². The third-order valence-corrected chi connectivity index (χ3v) is 8.47. The lowest BCUT2D eigenvalue weighted by atomic mass is 9.82. The molecule has 6 aromatic rings. The maximum absolute atomic E-state index is 4.84. The SMILES string of the molecule is CC1(C)c2ccccc2-c2cc(-c3cc(-c4ccc(-c5cccnc5)cc4)cc(-c4ccccccccn4)c3)ccc21. The van der Waals surface area contributed by atoms with Crippen LogP contribution in [0.5, 0.6) is 0 Å². The predicted molar refractivity (Wildman–Crippen MR) is 179 cm³/mol. The number of benzene rings is 4. The largest absolute Gasteiger partial charge is 0.264 e. The van der Waals surface area contributed by atoms with Gasteiger partial charge in [-0.3, -0.25) is 9.97 Å². The van der Waals surface area contributed by atoms with Gasteiger partial charge in [-0.1, -0.05) is 111 Å². The summed E-state index contributed by atoms with van der Waals surface area (Å²) >= 11 is 0. The first kappa shape index (κ1) is 26.6. The Morgan fingerprint density at radius 3 is 1.84 bits per heavy atom. The summed E-state index contributed by atoms with van der Waals surface area (Å²) < 4.78 is 0. The normalized spacial score (nSPS) is 12.6. The smallest absolute Gasteiger partial charge is 0.0702 e. The van der Waals surface area contributed by atoms with Crippen molar-refractivity contribution in [1.29, 1.82) is 0 Å². The van der Waals surface area contributed by atoms with Gasteiger partial charge < -0.3 is 0 Å². The molecule has 2 nitrogen and oxygen atoms in total. The van der Waals surface area contributed by atoms with Gasteiger partial charge in [0.05, 0.1) is 5.69 Å². The number of aromatic nitrogens is 2. The van der Waals surface area contributed by atoms with Crippen molar-refractivity contribution in [2.24, 2.45) is 0 Å². The Bertz CT molecular complexity index is 1960. The highest BCUT2D eigenvalue weighted by Gasteiger charge is 2.35.